The van der Waals surface area contributed by atoms with Crippen LogP contribution in [0.5, 0.6) is 0 Å². The topological polar surface area (TPSA) is 32.8 Å². The number of hydrogen-bond donors (Lipinski definition) is 0. The number of nitrogens with zero attached hydrogens (tertiary/aromatic N) is 2. The van der Waals surface area contributed by atoms with Gasteiger partial charge in [0, 0.05) is 6.54 Å². The third-order valence-corrected chi connectivity index (χ3v) is 2.85. The lowest BCUT2D eigenvalue weighted by Crippen LogP contribution is -2.35. The first-order chi connectivity index (χ1) is 7.65. The summed E-state index contributed by atoms with van der Waals surface area (Å²) in [6, 6.07) is -0.0851. The molecule has 1 unspecified atom stereocenters. The maximum absolute atomic E-state index is 11.9. The minimum atomic E-state index is -0.0700. The Bertz CT molecular complexity index is 373. The van der Waals surface area contributed by atoms with E-state index in [0.29, 0.717) is 19.7 Å². The van der Waals surface area contributed by atoms with Gasteiger partial charge in [-0.1, -0.05) is 24.3 Å². The van der Waals surface area contributed by atoms with Crippen LogP contribution in [0.2, 0.25) is 0 Å². The van der Waals surface area contributed by atoms with Crippen molar-refractivity contribution in [3.63, 3.8) is 0 Å². The molecular formula is C12H16N2O2. The van der Waals surface area contributed by atoms with Crippen LogP contribution < -0.4 is 0 Å². The summed E-state index contributed by atoms with van der Waals surface area (Å²) in [5.41, 5.74) is 2.10. The van der Waals surface area contributed by atoms with Crippen molar-refractivity contribution >= 4 is 6.03 Å². The third-order valence-electron chi connectivity index (χ3n) is 2.85. The minimum Gasteiger partial charge on any atom is -0.317 e. The predicted octanol–water partition coefficient (Wildman–Crippen LogP) is 1.73. The van der Waals surface area contributed by atoms with E-state index in [0.717, 1.165) is 11.1 Å². The molecule has 0 saturated carbocycles. The van der Waals surface area contributed by atoms with Gasteiger partial charge >= 0.3 is 6.03 Å². The quantitative estimate of drug-likeness (QED) is 0.676. The molecular weight excluding hydrogens is 204 g/mol. The number of amides is 2. The van der Waals surface area contributed by atoms with Gasteiger partial charge in [-0.05, 0) is 12.5 Å². The molecule has 2 heterocycles. The van der Waals surface area contributed by atoms with E-state index >= 15 is 0 Å². The first-order valence-corrected chi connectivity index (χ1v) is 5.33. The molecule has 0 aliphatic carbocycles. The average Bonchev–Trinajstić information content (AvgIpc) is 2.50. The molecule has 1 atom stereocenters. The van der Waals surface area contributed by atoms with E-state index in [4.69, 9.17) is 4.84 Å². The predicted molar refractivity (Wildman–Crippen MR) is 61.6 cm³/mol. The van der Waals surface area contributed by atoms with Crippen LogP contribution in [0, 0.1) is 0 Å². The lowest BCUT2D eigenvalue weighted by molar-refractivity contribution is -0.109. The molecule has 4 heteroatoms. The zero-order valence-electron chi connectivity index (χ0n) is 9.48. The van der Waals surface area contributed by atoms with E-state index in [1.165, 1.54) is 5.06 Å². The van der Waals surface area contributed by atoms with Crippen LogP contribution in [0.3, 0.4) is 0 Å². The van der Waals surface area contributed by atoms with Crippen molar-refractivity contribution in [3.05, 3.63) is 36.5 Å². The van der Waals surface area contributed by atoms with Gasteiger partial charge in [0.05, 0.1) is 13.2 Å². The summed E-state index contributed by atoms with van der Waals surface area (Å²) in [5.74, 6) is 0. The van der Waals surface area contributed by atoms with Gasteiger partial charge < -0.3 is 4.90 Å². The Balaban J connectivity index is 2.20. The second kappa shape index (κ2) is 4.14. The molecule has 0 N–H and O–H groups in total. The zero-order chi connectivity index (χ0) is 11.7. The first-order valence-electron chi connectivity index (χ1n) is 5.33. The van der Waals surface area contributed by atoms with Crippen molar-refractivity contribution in [3.8, 4) is 0 Å². The molecule has 4 nitrogen and oxygen atoms in total. The highest BCUT2D eigenvalue weighted by Crippen LogP contribution is 2.29. The van der Waals surface area contributed by atoms with Crippen LogP contribution in [0.1, 0.15) is 6.92 Å². The Morgan fingerprint density at radius 3 is 3.12 bits per heavy atom. The molecule has 0 aromatic heterocycles. The van der Waals surface area contributed by atoms with Crippen LogP contribution in [-0.2, 0) is 4.84 Å². The molecule has 0 aromatic rings. The van der Waals surface area contributed by atoms with Crippen LogP contribution in [0.15, 0.2) is 36.5 Å². The summed E-state index contributed by atoms with van der Waals surface area (Å²) in [7, 11) is 0. The maximum Gasteiger partial charge on any atom is 0.344 e. The fraction of sp³-hybridized carbons (Fsp3) is 0.417. The van der Waals surface area contributed by atoms with Crippen molar-refractivity contribution in [1.29, 1.82) is 0 Å². The largest absolute Gasteiger partial charge is 0.344 e. The third kappa shape index (κ3) is 1.65. The normalized spacial score (nSPS) is 23.4. The average molecular weight is 220 g/mol. The van der Waals surface area contributed by atoms with Gasteiger partial charge in [0.15, 0.2) is 0 Å². The van der Waals surface area contributed by atoms with Crippen molar-refractivity contribution in [2.45, 2.75) is 13.0 Å². The Morgan fingerprint density at radius 2 is 2.50 bits per heavy atom. The molecule has 2 aliphatic heterocycles. The molecule has 1 saturated heterocycles. The van der Waals surface area contributed by atoms with Crippen molar-refractivity contribution in [1.82, 2.24) is 9.96 Å². The molecule has 86 valence electrons. The monoisotopic (exact) mass is 220 g/mol. The van der Waals surface area contributed by atoms with Gasteiger partial charge in [-0.2, -0.15) is 5.06 Å². The SMILES string of the molecule is C=CCON1C(=O)N2CC=C(C(=C)C)C1C2. The molecule has 16 heavy (non-hydrogen) atoms. The molecule has 2 aliphatic rings. The summed E-state index contributed by atoms with van der Waals surface area (Å²) in [5, 5.41) is 1.44. The molecule has 2 amide bonds. The molecule has 2 bridgehead atoms. The van der Waals surface area contributed by atoms with Crippen molar-refractivity contribution in [2.75, 3.05) is 19.7 Å². The summed E-state index contributed by atoms with van der Waals surface area (Å²) in [4.78, 5) is 19.1. The lowest BCUT2D eigenvalue weighted by atomic mass is 9.98. The Hall–Kier alpha value is -1.55. The van der Waals surface area contributed by atoms with E-state index in [2.05, 4.69) is 13.2 Å². The summed E-state index contributed by atoms with van der Waals surface area (Å²) < 4.78 is 0. The van der Waals surface area contributed by atoms with Gasteiger partial charge in [0.25, 0.3) is 0 Å². The standard InChI is InChI=1S/C12H16N2O2/c1-4-7-16-14-11-8-13(12(14)15)6-5-10(11)9(2)3/h4-5,11H,1-2,6-8H2,3H3. The van der Waals surface area contributed by atoms with E-state index in [1.54, 1.807) is 11.0 Å². The summed E-state index contributed by atoms with van der Waals surface area (Å²) >= 11 is 0. The van der Waals surface area contributed by atoms with E-state index in [-0.39, 0.29) is 12.1 Å². The fourth-order valence-electron chi connectivity index (χ4n) is 2.09. The van der Waals surface area contributed by atoms with Crippen molar-refractivity contribution < 1.29 is 9.63 Å². The van der Waals surface area contributed by atoms with Crippen molar-refractivity contribution in [2.24, 2.45) is 0 Å². The first kappa shape index (κ1) is 11.0. The number of fused-ring (bicyclic) bond motifs is 2. The van der Waals surface area contributed by atoms with Crippen LogP contribution >= 0.6 is 0 Å². The van der Waals surface area contributed by atoms with Gasteiger partial charge in [0.2, 0.25) is 0 Å². The Labute approximate surface area is 95.4 Å². The highest BCUT2D eigenvalue weighted by atomic mass is 16.7. The highest BCUT2D eigenvalue weighted by molar-refractivity contribution is 5.78. The van der Waals surface area contributed by atoms with Gasteiger partial charge in [-0.3, -0.25) is 4.84 Å². The number of rotatable bonds is 4. The van der Waals surface area contributed by atoms with Gasteiger partial charge in [-0.15, -0.1) is 6.58 Å². The number of carbonyl (C=O) groups excluding carboxylic acids is 1. The van der Waals surface area contributed by atoms with E-state index in [9.17, 15) is 4.79 Å². The summed E-state index contributed by atoms with van der Waals surface area (Å²) in [6.07, 6.45) is 3.68. The van der Waals surface area contributed by atoms with E-state index < -0.39 is 0 Å². The maximum atomic E-state index is 11.9. The Kier molecular flexibility index (Phi) is 2.83. The number of hydrogen-bond acceptors (Lipinski definition) is 2. The number of carbonyl (C=O) groups is 1. The highest BCUT2D eigenvalue weighted by Gasteiger charge is 2.42. The minimum absolute atomic E-state index is 0.0151. The Morgan fingerprint density at radius 1 is 1.75 bits per heavy atom. The molecule has 0 spiro atoms. The van der Waals surface area contributed by atoms with Gasteiger partial charge in [-0.25, -0.2) is 4.79 Å². The van der Waals surface area contributed by atoms with E-state index in [1.807, 2.05) is 13.0 Å². The second-order valence-corrected chi connectivity index (χ2v) is 4.05. The van der Waals surface area contributed by atoms with Crippen LogP contribution in [-0.4, -0.2) is 41.7 Å². The zero-order valence-corrected chi connectivity index (χ0v) is 9.48. The fourth-order valence-corrected chi connectivity index (χ4v) is 2.09. The second-order valence-electron chi connectivity index (χ2n) is 4.05. The molecule has 1 fully saturated rings. The number of urea groups is 1. The molecule has 0 aromatic carbocycles. The van der Waals surface area contributed by atoms with Crippen LogP contribution in [0.25, 0.3) is 0 Å². The van der Waals surface area contributed by atoms with Gasteiger partial charge in [0.1, 0.15) is 6.04 Å². The summed E-state index contributed by atoms with van der Waals surface area (Å²) in [6.45, 7) is 11.1. The number of hydroxylamine groups is 2. The van der Waals surface area contributed by atoms with Crippen LogP contribution in [0.4, 0.5) is 4.79 Å². The molecule has 2 rings (SSSR count). The lowest BCUT2D eigenvalue weighted by Gasteiger charge is -2.24. The molecule has 0 radical (unpaired) electrons. The smallest absolute Gasteiger partial charge is 0.317 e.